The van der Waals surface area contributed by atoms with E-state index in [-0.39, 0.29) is 23.8 Å². The number of carbonyl (C=O) groups is 1. The lowest BCUT2D eigenvalue weighted by Gasteiger charge is -2.09. The molecule has 0 saturated heterocycles. The molecule has 0 atom stereocenters. The maximum Gasteiger partial charge on any atom is 0.258 e. The van der Waals surface area contributed by atoms with Gasteiger partial charge in [-0.25, -0.2) is 0 Å². The third-order valence-corrected chi connectivity index (χ3v) is 3.08. The summed E-state index contributed by atoms with van der Waals surface area (Å²) in [4.78, 5) is 13.2. The largest absolute Gasteiger partial charge is 0.510 e. The molecule has 0 aromatic heterocycles. The number of halogens is 2. The van der Waals surface area contributed by atoms with Crippen molar-refractivity contribution in [3.05, 3.63) is 39.6 Å². The molecule has 1 amide bonds. The zero-order valence-electron chi connectivity index (χ0n) is 8.50. The van der Waals surface area contributed by atoms with E-state index in [2.05, 4.69) is 0 Å². The van der Waals surface area contributed by atoms with Gasteiger partial charge in [0.05, 0.1) is 22.2 Å². The Balaban J connectivity index is 2.62. The summed E-state index contributed by atoms with van der Waals surface area (Å²) in [5, 5.41) is 10.4. The second kappa shape index (κ2) is 4.00. The molecule has 0 aliphatic carbocycles. The van der Waals surface area contributed by atoms with Crippen molar-refractivity contribution < 1.29 is 9.90 Å². The molecule has 84 valence electrons. The van der Waals surface area contributed by atoms with Crippen LogP contribution in [0.25, 0.3) is 5.57 Å². The molecule has 1 heterocycles. The van der Waals surface area contributed by atoms with E-state index in [1.807, 2.05) is 0 Å². The third-order valence-electron chi connectivity index (χ3n) is 2.45. The molecule has 1 aliphatic heterocycles. The van der Waals surface area contributed by atoms with E-state index in [0.29, 0.717) is 15.6 Å². The molecule has 0 saturated carbocycles. The highest BCUT2D eigenvalue weighted by Gasteiger charge is 2.31. The van der Waals surface area contributed by atoms with Crippen molar-refractivity contribution in [1.82, 2.24) is 4.90 Å². The molecule has 1 aliphatic rings. The van der Waals surface area contributed by atoms with Crippen LogP contribution in [0, 0.1) is 0 Å². The topological polar surface area (TPSA) is 40.5 Å². The second-order valence-corrected chi connectivity index (χ2v) is 4.39. The zero-order valence-corrected chi connectivity index (χ0v) is 10.0. The Morgan fingerprint density at radius 2 is 1.88 bits per heavy atom. The number of aliphatic hydroxyl groups excluding tert-OH is 1. The maximum absolute atomic E-state index is 11.8. The van der Waals surface area contributed by atoms with Crippen LogP contribution in [0.5, 0.6) is 0 Å². The highest BCUT2D eigenvalue weighted by atomic mass is 35.5. The van der Waals surface area contributed by atoms with Gasteiger partial charge >= 0.3 is 0 Å². The summed E-state index contributed by atoms with van der Waals surface area (Å²) < 4.78 is 0. The van der Waals surface area contributed by atoms with Crippen LogP contribution >= 0.6 is 23.2 Å². The number of hydrogen-bond donors (Lipinski definition) is 1. The minimum absolute atomic E-state index is 0.00231. The van der Waals surface area contributed by atoms with Gasteiger partial charge in [-0.1, -0.05) is 29.3 Å². The van der Waals surface area contributed by atoms with E-state index in [0.717, 1.165) is 0 Å². The van der Waals surface area contributed by atoms with Gasteiger partial charge in [0.1, 0.15) is 5.76 Å². The fourth-order valence-electron chi connectivity index (χ4n) is 1.68. The first kappa shape index (κ1) is 11.3. The number of likely N-dealkylation sites (N-methyl/N-ethyl adjacent to an activating group) is 1. The van der Waals surface area contributed by atoms with Crippen molar-refractivity contribution in [2.45, 2.75) is 0 Å². The molecule has 1 aromatic rings. The monoisotopic (exact) mass is 257 g/mol. The van der Waals surface area contributed by atoms with Crippen LogP contribution in [0.3, 0.4) is 0 Å². The van der Waals surface area contributed by atoms with Crippen molar-refractivity contribution in [2.24, 2.45) is 0 Å². The van der Waals surface area contributed by atoms with Crippen LogP contribution in [0.4, 0.5) is 0 Å². The van der Waals surface area contributed by atoms with Crippen LogP contribution in [0.15, 0.2) is 24.0 Å². The Labute approximate surface area is 103 Å². The number of hydrogen-bond acceptors (Lipinski definition) is 2. The first-order valence-electron chi connectivity index (χ1n) is 4.64. The molecule has 0 fully saturated rings. The van der Waals surface area contributed by atoms with Gasteiger partial charge in [-0.3, -0.25) is 4.79 Å². The molecular formula is C11H9Cl2NO2. The lowest BCUT2D eigenvalue weighted by molar-refractivity contribution is -0.122. The Hall–Kier alpha value is -1.19. The summed E-state index contributed by atoms with van der Waals surface area (Å²) >= 11 is 12.0. The smallest absolute Gasteiger partial charge is 0.258 e. The van der Waals surface area contributed by atoms with Crippen LogP contribution in [0.2, 0.25) is 10.0 Å². The molecule has 1 aromatic carbocycles. The predicted molar refractivity (Wildman–Crippen MR) is 63.6 cm³/mol. The number of carbonyl (C=O) groups excluding carboxylic acids is 1. The molecular weight excluding hydrogens is 249 g/mol. The molecule has 1 N–H and O–H groups in total. The Bertz CT molecular complexity index is 477. The summed E-state index contributed by atoms with van der Waals surface area (Å²) in [6.07, 6.45) is 0. The van der Waals surface area contributed by atoms with Crippen molar-refractivity contribution in [1.29, 1.82) is 0 Å². The average Bonchev–Trinajstić information content (AvgIpc) is 2.44. The molecule has 0 bridgehead atoms. The first-order chi connectivity index (χ1) is 7.52. The van der Waals surface area contributed by atoms with Gasteiger partial charge in [0.25, 0.3) is 5.91 Å². The maximum atomic E-state index is 11.8. The lowest BCUT2D eigenvalue weighted by atomic mass is 10.1. The molecule has 0 unspecified atom stereocenters. The highest BCUT2D eigenvalue weighted by Crippen LogP contribution is 2.35. The lowest BCUT2D eigenvalue weighted by Crippen LogP contribution is -2.21. The summed E-state index contributed by atoms with van der Waals surface area (Å²) in [6, 6.07) is 4.96. The molecule has 3 nitrogen and oxygen atoms in total. The third kappa shape index (κ3) is 1.66. The van der Waals surface area contributed by atoms with Crippen LogP contribution in [-0.4, -0.2) is 29.5 Å². The van der Waals surface area contributed by atoms with E-state index in [1.165, 1.54) is 4.90 Å². The fraction of sp³-hybridized carbons (Fsp3) is 0.182. The molecule has 2 rings (SSSR count). The number of aliphatic hydroxyl groups is 1. The van der Waals surface area contributed by atoms with E-state index in [1.54, 1.807) is 25.2 Å². The van der Waals surface area contributed by atoms with Crippen molar-refractivity contribution in [2.75, 3.05) is 13.6 Å². The van der Waals surface area contributed by atoms with E-state index >= 15 is 0 Å². The summed E-state index contributed by atoms with van der Waals surface area (Å²) in [6.45, 7) is 0.190. The minimum atomic E-state index is -0.271. The SMILES string of the molecule is CN1CC(O)=C(c2c(Cl)cccc2Cl)C1=O. The van der Waals surface area contributed by atoms with Crippen LogP contribution in [-0.2, 0) is 4.79 Å². The van der Waals surface area contributed by atoms with Gasteiger partial charge in [0, 0.05) is 12.6 Å². The summed E-state index contributed by atoms with van der Waals surface area (Å²) in [7, 11) is 1.61. The average molecular weight is 258 g/mol. The second-order valence-electron chi connectivity index (χ2n) is 3.58. The van der Waals surface area contributed by atoms with Gasteiger partial charge in [-0.2, -0.15) is 0 Å². The fourth-order valence-corrected chi connectivity index (χ4v) is 2.26. The Morgan fingerprint density at radius 1 is 1.31 bits per heavy atom. The quantitative estimate of drug-likeness (QED) is 0.841. The van der Waals surface area contributed by atoms with Crippen LogP contribution < -0.4 is 0 Å². The van der Waals surface area contributed by atoms with Crippen molar-refractivity contribution >= 4 is 34.7 Å². The molecule has 16 heavy (non-hydrogen) atoms. The van der Waals surface area contributed by atoms with Crippen molar-refractivity contribution in [3.8, 4) is 0 Å². The standard InChI is InChI=1S/C11H9Cl2NO2/c1-14-5-8(15)10(11(14)16)9-6(12)3-2-4-7(9)13/h2-4,15H,5H2,1H3. The number of rotatable bonds is 1. The van der Waals surface area contributed by atoms with Gasteiger partial charge < -0.3 is 10.0 Å². The summed E-state index contributed by atoms with van der Waals surface area (Å²) in [5.41, 5.74) is 0.593. The van der Waals surface area contributed by atoms with Gasteiger partial charge in [-0.05, 0) is 12.1 Å². The number of nitrogens with zero attached hydrogens (tertiary/aromatic N) is 1. The highest BCUT2D eigenvalue weighted by molar-refractivity contribution is 6.41. The zero-order chi connectivity index (χ0) is 11.9. The minimum Gasteiger partial charge on any atom is -0.510 e. The molecule has 0 spiro atoms. The van der Waals surface area contributed by atoms with E-state index < -0.39 is 0 Å². The Kier molecular flexibility index (Phi) is 2.82. The normalized spacial score (nSPS) is 16.2. The Morgan fingerprint density at radius 3 is 2.31 bits per heavy atom. The molecule has 5 heteroatoms. The van der Waals surface area contributed by atoms with Crippen LogP contribution in [0.1, 0.15) is 5.56 Å². The van der Waals surface area contributed by atoms with Gasteiger partial charge in [0.15, 0.2) is 0 Å². The summed E-state index contributed by atoms with van der Waals surface area (Å²) in [5.74, 6) is -0.269. The van der Waals surface area contributed by atoms with Gasteiger partial charge in [-0.15, -0.1) is 0 Å². The van der Waals surface area contributed by atoms with Crippen molar-refractivity contribution in [3.63, 3.8) is 0 Å². The predicted octanol–water partition coefficient (Wildman–Crippen LogP) is 2.73. The van der Waals surface area contributed by atoms with Gasteiger partial charge in [0.2, 0.25) is 0 Å². The van der Waals surface area contributed by atoms with E-state index in [4.69, 9.17) is 23.2 Å². The first-order valence-corrected chi connectivity index (χ1v) is 5.40. The number of benzene rings is 1. The van der Waals surface area contributed by atoms with E-state index in [9.17, 15) is 9.90 Å². The number of amides is 1. The molecule has 0 radical (unpaired) electrons.